The van der Waals surface area contributed by atoms with Crippen molar-refractivity contribution in [3.05, 3.63) is 47.4 Å². The summed E-state index contributed by atoms with van der Waals surface area (Å²) in [6.45, 7) is 6.90. The van der Waals surface area contributed by atoms with E-state index in [0.29, 0.717) is 12.3 Å². The number of aromatic nitrogens is 3. The van der Waals surface area contributed by atoms with Gasteiger partial charge in [-0.1, -0.05) is 25.1 Å². The third-order valence-corrected chi connectivity index (χ3v) is 6.02. The highest BCUT2D eigenvalue weighted by Gasteiger charge is 2.20. The summed E-state index contributed by atoms with van der Waals surface area (Å²) in [5.41, 5.74) is 3.79. The molecule has 1 aromatic carbocycles. The molecule has 6 nitrogen and oxygen atoms in total. The topological polar surface area (TPSA) is 74.1 Å². The van der Waals surface area contributed by atoms with Gasteiger partial charge >= 0.3 is 0 Å². The summed E-state index contributed by atoms with van der Waals surface area (Å²) in [4.78, 5) is 9.55. The van der Waals surface area contributed by atoms with E-state index in [-0.39, 0.29) is 5.75 Å². The second-order valence-corrected chi connectivity index (χ2v) is 9.77. The molecule has 3 rings (SSSR count). The molecule has 0 N–H and O–H groups in total. The monoisotopic (exact) mass is 415 g/mol. The molecule has 0 spiro atoms. The third-order valence-electron chi connectivity index (χ3n) is 4.99. The van der Waals surface area contributed by atoms with E-state index in [1.807, 2.05) is 37.3 Å². The first-order valence-electron chi connectivity index (χ1n) is 10.1. The zero-order valence-electron chi connectivity index (χ0n) is 17.6. The fourth-order valence-corrected chi connectivity index (χ4v) is 4.18. The van der Waals surface area contributed by atoms with Crippen molar-refractivity contribution in [2.24, 2.45) is 0 Å². The van der Waals surface area contributed by atoms with Crippen LogP contribution in [-0.2, 0) is 22.8 Å². The van der Waals surface area contributed by atoms with E-state index in [0.717, 1.165) is 59.7 Å². The van der Waals surface area contributed by atoms with Crippen LogP contribution in [0.3, 0.4) is 0 Å². The Labute approximate surface area is 172 Å². The fraction of sp³-hybridized carbons (Fsp3) is 0.455. The Kier molecular flexibility index (Phi) is 6.57. The van der Waals surface area contributed by atoms with Gasteiger partial charge < -0.3 is 9.30 Å². The van der Waals surface area contributed by atoms with Gasteiger partial charge in [-0.3, -0.25) is 0 Å². The Hall–Kier alpha value is -2.41. The Morgan fingerprint density at radius 1 is 1.07 bits per heavy atom. The molecule has 156 valence electrons. The summed E-state index contributed by atoms with van der Waals surface area (Å²) in [6, 6.07) is 9.60. The molecular weight excluding hydrogens is 386 g/mol. The van der Waals surface area contributed by atoms with Crippen LogP contribution < -0.4 is 4.74 Å². The SMILES string of the molecule is CCCc1nc2c(Oc3ccccc3)nc(C)c(C)c2n1CCCCS(C)(=O)=O. The van der Waals surface area contributed by atoms with Crippen molar-refractivity contribution in [3.63, 3.8) is 0 Å². The van der Waals surface area contributed by atoms with Crippen molar-refractivity contribution >= 4 is 20.9 Å². The molecule has 0 aliphatic heterocycles. The Morgan fingerprint density at radius 2 is 1.79 bits per heavy atom. The van der Waals surface area contributed by atoms with Crippen molar-refractivity contribution in [1.29, 1.82) is 0 Å². The number of ether oxygens (including phenoxy) is 1. The molecule has 0 aliphatic rings. The molecule has 3 aromatic rings. The second kappa shape index (κ2) is 8.95. The van der Waals surface area contributed by atoms with Crippen molar-refractivity contribution in [2.75, 3.05) is 12.0 Å². The lowest BCUT2D eigenvalue weighted by atomic mass is 10.2. The highest BCUT2D eigenvalue weighted by atomic mass is 32.2. The summed E-state index contributed by atoms with van der Waals surface area (Å²) < 4.78 is 31.2. The van der Waals surface area contributed by atoms with E-state index in [1.165, 1.54) is 6.26 Å². The maximum Gasteiger partial charge on any atom is 0.247 e. The molecular formula is C22H29N3O3S. The Morgan fingerprint density at radius 3 is 2.45 bits per heavy atom. The van der Waals surface area contributed by atoms with Gasteiger partial charge in [0.1, 0.15) is 21.4 Å². The summed E-state index contributed by atoms with van der Waals surface area (Å²) in [5.74, 6) is 2.45. The number of benzene rings is 1. The number of para-hydroxylation sites is 1. The molecule has 0 aliphatic carbocycles. The van der Waals surface area contributed by atoms with Crippen LogP contribution in [0.4, 0.5) is 0 Å². The predicted molar refractivity (Wildman–Crippen MR) is 116 cm³/mol. The van der Waals surface area contributed by atoms with Crippen LogP contribution in [0.1, 0.15) is 43.3 Å². The van der Waals surface area contributed by atoms with Gasteiger partial charge in [-0.2, -0.15) is 0 Å². The van der Waals surface area contributed by atoms with Gasteiger partial charge in [0.15, 0.2) is 5.52 Å². The number of rotatable bonds is 9. The van der Waals surface area contributed by atoms with E-state index < -0.39 is 9.84 Å². The molecule has 0 saturated heterocycles. The number of fused-ring (bicyclic) bond motifs is 1. The van der Waals surface area contributed by atoms with E-state index in [1.54, 1.807) is 0 Å². The molecule has 2 aromatic heterocycles. The van der Waals surface area contributed by atoms with Crippen LogP contribution in [0.2, 0.25) is 0 Å². The molecule has 0 atom stereocenters. The number of aryl methyl sites for hydroxylation is 4. The number of unbranched alkanes of at least 4 members (excludes halogenated alkanes) is 1. The van der Waals surface area contributed by atoms with Gasteiger partial charge in [-0.05, 0) is 50.8 Å². The van der Waals surface area contributed by atoms with Crippen molar-refractivity contribution < 1.29 is 13.2 Å². The number of sulfone groups is 1. The summed E-state index contributed by atoms with van der Waals surface area (Å²) >= 11 is 0. The molecule has 0 bridgehead atoms. The molecule has 7 heteroatoms. The summed E-state index contributed by atoms with van der Waals surface area (Å²) in [6.07, 6.45) is 4.54. The van der Waals surface area contributed by atoms with Gasteiger partial charge in [0, 0.05) is 30.7 Å². The maximum absolute atomic E-state index is 11.4. The lowest BCUT2D eigenvalue weighted by Crippen LogP contribution is -2.08. The smallest absolute Gasteiger partial charge is 0.247 e. The lowest BCUT2D eigenvalue weighted by Gasteiger charge is -2.12. The number of hydrogen-bond donors (Lipinski definition) is 0. The first-order chi connectivity index (χ1) is 13.8. The number of hydrogen-bond acceptors (Lipinski definition) is 5. The minimum absolute atomic E-state index is 0.213. The highest BCUT2D eigenvalue weighted by Crippen LogP contribution is 2.32. The van der Waals surface area contributed by atoms with Gasteiger partial charge in [0.25, 0.3) is 0 Å². The molecule has 0 unspecified atom stereocenters. The minimum Gasteiger partial charge on any atom is -0.437 e. The van der Waals surface area contributed by atoms with E-state index >= 15 is 0 Å². The van der Waals surface area contributed by atoms with Crippen LogP contribution in [0.15, 0.2) is 30.3 Å². The zero-order valence-corrected chi connectivity index (χ0v) is 18.4. The molecule has 29 heavy (non-hydrogen) atoms. The average Bonchev–Trinajstić information content (AvgIpc) is 3.02. The fourth-order valence-electron chi connectivity index (χ4n) is 3.45. The lowest BCUT2D eigenvalue weighted by molar-refractivity contribution is 0.466. The summed E-state index contributed by atoms with van der Waals surface area (Å²) in [5, 5.41) is 0. The maximum atomic E-state index is 11.4. The van der Waals surface area contributed by atoms with Crippen molar-refractivity contribution in [1.82, 2.24) is 14.5 Å². The third kappa shape index (κ3) is 5.15. The Balaban J connectivity index is 2.01. The molecule has 0 saturated carbocycles. The molecule has 0 radical (unpaired) electrons. The molecule has 2 heterocycles. The highest BCUT2D eigenvalue weighted by molar-refractivity contribution is 7.90. The van der Waals surface area contributed by atoms with Crippen LogP contribution in [0.25, 0.3) is 11.0 Å². The van der Waals surface area contributed by atoms with Crippen molar-refractivity contribution in [2.45, 2.75) is 53.0 Å². The normalized spacial score (nSPS) is 11.9. The molecule has 0 amide bonds. The quantitative estimate of drug-likeness (QED) is 0.477. The van der Waals surface area contributed by atoms with E-state index in [4.69, 9.17) is 9.72 Å². The van der Waals surface area contributed by atoms with Gasteiger partial charge in [0.05, 0.1) is 5.52 Å². The van der Waals surface area contributed by atoms with Gasteiger partial charge in [0.2, 0.25) is 5.88 Å². The van der Waals surface area contributed by atoms with Crippen LogP contribution in [0.5, 0.6) is 11.6 Å². The van der Waals surface area contributed by atoms with Crippen LogP contribution >= 0.6 is 0 Å². The largest absolute Gasteiger partial charge is 0.437 e. The zero-order chi connectivity index (χ0) is 21.0. The molecule has 0 fully saturated rings. The standard InChI is InChI=1S/C22H29N3O3S/c1-5-11-19-24-20-21(25(19)14-9-10-15-29(4,26)27)16(2)17(3)23-22(20)28-18-12-7-6-8-13-18/h6-8,12-13H,5,9-11,14-15H2,1-4H3. The van der Waals surface area contributed by atoms with Gasteiger partial charge in [-0.25, -0.2) is 18.4 Å². The number of pyridine rings is 1. The van der Waals surface area contributed by atoms with E-state index in [9.17, 15) is 8.42 Å². The number of nitrogens with zero attached hydrogens (tertiary/aromatic N) is 3. The van der Waals surface area contributed by atoms with Crippen molar-refractivity contribution in [3.8, 4) is 11.6 Å². The average molecular weight is 416 g/mol. The predicted octanol–water partition coefficient (Wildman–Crippen LogP) is 4.62. The summed E-state index contributed by atoms with van der Waals surface area (Å²) in [7, 11) is -2.94. The number of imidazole rings is 1. The second-order valence-electron chi connectivity index (χ2n) is 7.51. The van der Waals surface area contributed by atoms with Crippen LogP contribution in [-0.4, -0.2) is 35.0 Å². The van der Waals surface area contributed by atoms with Crippen LogP contribution in [0, 0.1) is 13.8 Å². The van der Waals surface area contributed by atoms with Gasteiger partial charge in [-0.15, -0.1) is 0 Å². The minimum atomic E-state index is -2.94. The first-order valence-corrected chi connectivity index (χ1v) is 12.1. The van der Waals surface area contributed by atoms with E-state index in [2.05, 4.69) is 23.4 Å². The first kappa shape index (κ1) is 21.3. The Bertz CT molecular complexity index is 1090.